The molecule has 1 aromatic carbocycles. The van der Waals surface area contributed by atoms with Crippen LogP contribution < -0.4 is 4.90 Å². The first kappa shape index (κ1) is 8.30. The monoisotopic (exact) mass is 189 g/mol. The maximum absolute atomic E-state index is 5.76. The molecule has 2 heteroatoms. The van der Waals surface area contributed by atoms with E-state index in [9.17, 15) is 0 Å². The molecule has 1 fully saturated rings. The van der Waals surface area contributed by atoms with Crippen LogP contribution in [0.25, 0.3) is 0 Å². The van der Waals surface area contributed by atoms with Crippen LogP contribution in [0.1, 0.15) is 18.4 Å². The van der Waals surface area contributed by atoms with Gasteiger partial charge in [0.05, 0.1) is 6.61 Å². The summed E-state index contributed by atoms with van der Waals surface area (Å²) in [6, 6.07) is 8.70. The number of anilines is 1. The van der Waals surface area contributed by atoms with Gasteiger partial charge in [-0.15, -0.1) is 0 Å². The summed E-state index contributed by atoms with van der Waals surface area (Å²) in [5.74, 6) is 0. The minimum atomic E-state index is 0.346. The molecule has 0 amide bonds. The SMILES string of the molecule is c1ccc2c(c1)CCC1OCCCN21. The van der Waals surface area contributed by atoms with Crippen molar-refractivity contribution in [2.45, 2.75) is 25.5 Å². The van der Waals surface area contributed by atoms with Crippen molar-refractivity contribution in [1.29, 1.82) is 0 Å². The van der Waals surface area contributed by atoms with E-state index in [0.29, 0.717) is 6.23 Å². The Kier molecular flexibility index (Phi) is 1.95. The van der Waals surface area contributed by atoms with E-state index in [1.807, 2.05) is 0 Å². The van der Waals surface area contributed by atoms with Crippen LogP contribution in [-0.4, -0.2) is 19.4 Å². The number of fused-ring (bicyclic) bond motifs is 3. The first-order valence-electron chi connectivity index (χ1n) is 5.41. The van der Waals surface area contributed by atoms with Crippen molar-refractivity contribution in [1.82, 2.24) is 0 Å². The van der Waals surface area contributed by atoms with Gasteiger partial charge in [0, 0.05) is 12.2 Å². The molecule has 0 saturated carbocycles. The predicted octanol–water partition coefficient (Wildman–Crippen LogP) is 2.19. The topological polar surface area (TPSA) is 12.5 Å². The Hall–Kier alpha value is -1.02. The van der Waals surface area contributed by atoms with Crippen LogP contribution in [0.5, 0.6) is 0 Å². The largest absolute Gasteiger partial charge is 0.358 e. The second-order valence-corrected chi connectivity index (χ2v) is 4.04. The van der Waals surface area contributed by atoms with Crippen molar-refractivity contribution < 1.29 is 4.74 Å². The van der Waals surface area contributed by atoms with Gasteiger partial charge in [0.25, 0.3) is 0 Å². The third kappa shape index (κ3) is 1.22. The van der Waals surface area contributed by atoms with Gasteiger partial charge < -0.3 is 9.64 Å². The van der Waals surface area contributed by atoms with E-state index in [1.54, 1.807) is 0 Å². The Bertz CT molecular complexity index is 337. The highest BCUT2D eigenvalue weighted by atomic mass is 16.5. The quantitative estimate of drug-likeness (QED) is 0.620. The van der Waals surface area contributed by atoms with Gasteiger partial charge in [0.2, 0.25) is 0 Å². The normalized spacial score (nSPS) is 25.4. The summed E-state index contributed by atoms with van der Waals surface area (Å²) < 4.78 is 5.76. The molecule has 74 valence electrons. The molecule has 2 nitrogen and oxygen atoms in total. The zero-order valence-corrected chi connectivity index (χ0v) is 8.28. The molecule has 0 bridgehead atoms. The van der Waals surface area contributed by atoms with Gasteiger partial charge in [-0.1, -0.05) is 18.2 Å². The van der Waals surface area contributed by atoms with Gasteiger partial charge in [-0.05, 0) is 30.9 Å². The van der Waals surface area contributed by atoms with E-state index in [2.05, 4.69) is 29.2 Å². The highest BCUT2D eigenvalue weighted by molar-refractivity contribution is 5.56. The molecule has 2 aliphatic rings. The van der Waals surface area contributed by atoms with Crippen molar-refractivity contribution in [2.24, 2.45) is 0 Å². The Morgan fingerprint density at radius 3 is 3.21 bits per heavy atom. The zero-order valence-electron chi connectivity index (χ0n) is 8.28. The highest BCUT2D eigenvalue weighted by Crippen LogP contribution is 2.32. The molecule has 2 heterocycles. The van der Waals surface area contributed by atoms with E-state index >= 15 is 0 Å². The van der Waals surface area contributed by atoms with E-state index < -0.39 is 0 Å². The number of nitrogens with zero attached hydrogens (tertiary/aromatic N) is 1. The number of hydrogen-bond acceptors (Lipinski definition) is 2. The van der Waals surface area contributed by atoms with E-state index in [1.165, 1.54) is 11.3 Å². The standard InChI is InChI=1S/C12H15NO/c1-2-5-11-10(4-1)6-7-12-13(11)8-3-9-14-12/h1-2,4-5,12H,3,6-9H2. The molecule has 0 aliphatic carbocycles. The van der Waals surface area contributed by atoms with Crippen LogP contribution in [0.2, 0.25) is 0 Å². The lowest BCUT2D eigenvalue weighted by Gasteiger charge is -2.41. The number of hydrogen-bond donors (Lipinski definition) is 0. The fraction of sp³-hybridized carbons (Fsp3) is 0.500. The van der Waals surface area contributed by atoms with Crippen molar-refractivity contribution >= 4 is 5.69 Å². The zero-order chi connectivity index (χ0) is 9.38. The summed E-state index contributed by atoms with van der Waals surface area (Å²) in [5, 5.41) is 0. The Morgan fingerprint density at radius 1 is 1.29 bits per heavy atom. The van der Waals surface area contributed by atoms with E-state index in [0.717, 1.165) is 32.4 Å². The first-order chi connectivity index (χ1) is 6.95. The second-order valence-electron chi connectivity index (χ2n) is 4.04. The molecule has 0 spiro atoms. The number of ether oxygens (including phenoxy) is 1. The molecular weight excluding hydrogens is 174 g/mol. The van der Waals surface area contributed by atoms with Gasteiger partial charge in [-0.3, -0.25) is 0 Å². The molecule has 1 saturated heterocycles. The second kappa shape index (κ2) is 3.28. The predicted molar refractivity (Wildman–Crippen MR) is 56.5 cm³/mol. The van der Waals surface area contributed by atoms with Crippen LogP contribution in [-0.2, 0) is 11.2 Å². The van der Waals surface area contributed by atoms with E-state index in [4.69, 9.17) is 4.74 Å². The Labute approximate surface area is 84.5 Å². The Morgan fingerprint density at radius 2 is 2.21 bits per heavy atom. The summed E-state index contributed by atoms with van der Waals surface area (Å²) in [5.41, 5.74) is 2.87. The van der Waals surface area contributed by atoms with Gasteiger partial charge in [-0.2, -0.15) is 0 Å². The van der Waals surface area contributed by atoms with Crippen molar-refractivity contribution in [3.05, 3.63) is 29.8 Å². The molecule has 1 aromatic rings. The molecule has 3 rings (SSSR count). The molecule has 0 radical (unpaired) electrons. The maximum Gasteiger partial charge on any atom is 0.130 e. The number of para-hydroxylation sites is 1. The lowest BCUT2D eigenvalue weighted by molar-refractivity contribution is 0.0177. The van der Waals surface area contributed by atoms with Gasteiger partial charge in [0.15, 0.2) is 0 Å². The molecule has 0 aromatic heterocycles. The number of aryl methyl sites for hydroxylation is 1. The summed E-state index contributed by atoms with van der Waals surface area (Å²) in [6.45, 7) is 2.09. The summed E-state index contributed by atoms with van der Waals surface area (Å²) in [6.07, 6.45) is 3.82. The first-order valence-corrected chi connectivity index (χ1v) is 5.41. The van der Waals surface area contributed by atoms with Crippen LogP contribution in [0.4, 0.5) is 5.69 Å². The molecule has 14 heavy (non-hydrogen) atoms. The van der Waals surface area contributed by atoms with Gasteiger partial charge in [0.1, 0.15) is 6.23 Å². The third-order valence-corrected chi connectivity index (χ3v) is 3.16. The summed E-state index contributed by atoms with van der Waals surface area (Å²) in [4.78, 5) is 2.42. The van der Waals surface area contributed by atoms with Crippen LogP contribution in [0.3, 0.4) is 0 Å². The summed E-state index contributed by atoms with van der Waals surface area (Å²) in [7, 11) is 0. The minimum Gasteiger partial charge on any atom is -0.358 e. The van der Waals surface area contributed by atoms with Crippen LogP contribution >= 0.6 is 0 Å². The fourth-order valence-electron chi connectivity index (χ4n) is 2.48. The average Bonchev–Trinajstić information content (AvgIpc) is 2.29. The van der Waals surface area contributed by atoms with Crippen molar-refractivity contribution in [2.75, 3.05) is 18.1 Å². The maximum atomic E-state index is 5.76. The van der Waals surface area contributed by atoms with Gasteiger partial charge in [-0.25, -0.2) is 0 Å². The minimum absolute atomic E-state index is 0.346. The lowest BCUT2D eigenvalue weighted by atomic mass is 9.99. The summed E-state index contributed by atoms with van der Waals surface area (Å²) >= 11 is 0. The molecule has 1 atom stereocenters. The lowest BCUT2D eigenvalue weighted by Crippen LogP contribution is -2.45. The molecule has 2 aliphatic heterocycles. The van der Waals surface area contributed by atoms with Crippen LogP contribution in [0, 0.1) is 0 Å². The third-order valence-electron chi connectivity index (χ3n) is 3.16. The molecular formula is C12H15NO. The molecule has 1 unspecified atom stereocenters. The highest BCUT2D eigenvalue weighted by Gasteiger charge is 2.28. The fourth-order valence-corrected chi connectivity index (χ4v) is 2.48. The van der Waals surface area contributed by atoms with Gasteiger partial charge >= 0.3 is 0 Å². The smallest absolute Gasteiger partial charge is 0.130 e. The van der Waals surface area contributed by atoms with E-state index in [-0.39, 0.29) is 0 Å². The van der Waals surface area contributed by atoms with Crippen molar-refractivity contribution in [3.63, 3.8) is 0 Å². The average molecular weight is 189 g/mol. The number of benzene rings is 1. The Balaban J connectivity index is 1.99. The van der Waals surface area contributed by atoms with Crippen molar-refractivity contribution in [3.8, 4) is 0 Å². The molecule has 0 N–H and O–H groups in total. The van der Waals surface area contributed by atoms with Crippen LogP contribution in [0.15, 0.2) is 24.3 Å². The number of rotatable bonds is 0.